The molecule has 1 saturated heterocycles. The lowest BCUT2D eigenvalue weighted by Gasteiger charge is -2.24. The van der Waals surface area contributed by atoms with Crippen molar-refractivity contribution in [1.82, 2.24) is 20.2 Å². The normalized spacial score (nSPS) is 19.8. The van der Waals surface area contributed by atoms with Crippen LogP contribution in [0.5, 0.6) is 0 Å². The van der Waals surface area contributed by atoms with E-state index in [-0.39, 0.29) is 12.5 Å². The van der Waals surface area contributed by atoms with Gasteiger partial charge in [-0.3, -0.25) is 9.78 Å². The third kappa shape index (κ3) is 4.56. The molecule has 0 saturated carbocycles. The van der Waals surface area contributed by atoms with Gasteiger partial charge in [0.1, 0.15) is 11.4 Å². The molecule has 3 rings (SSSR count). The minimum absolute atomic E-state index is 0.173. The number of β-amino-alcohol motifs (C(OH)–C–C–N with tert-alkyl or cyclic N) is 1. The summed E-state index contributed by atoms with van der Waals surface area (Å²) in [6.45, 7) is 2.15. The van der Waals surface area contributed by atoms with E-state index in [1.165, 1.54) is 0 Å². The fourth-order valence-electron chi connectivity index (χ4n) is 3.12. The van der Waals surface area contributed by atoms with E-state index in [1.54, 1.807) is 18.6 Å². The maximum Gasteiger partial charge on any atom is 0.251 e. The zero-order valence-electron chi connectivity index (χ0n) is 15.2. The molecule has 1 aromatic carbocycles. The zero-order chi connectivity index (χ0) is 18.6. The Morgan fingerprint density at radius 2 is 2.08 bits per heavy atom. The van der Waals surface area contributed by atoms with E-state index in [0.717, 1.165) is 17.9 Å². The molecule has 1 aliphatic rings. The topological polar surface area (TPSA) is 81.6 Å². The van der Waals surface area contributed by atoms with Crippen molar-refractivity contribution in [2.24, 2.45) is 0 Å². The number of hydrogen-bond acceptors (Lipinski definition) is 6. The van der Waals surface area contributed by atoms with E-state index in [4.69, 9.17) is 0 Å². The summed E-state index contributed by atoms with van der Waals surface area (Å²) in [7, 11) is 4.01. The fourth-order valence-corrected chi connectivity index (χ4v) is 3.12. The number of carbonyl (C=O) groups is 1. The Labute approximate surface area is 153 Å². The van der Waals surface area contributed by atoms with Gasteiger partial charge in [0.15, 0.2) is 0 Å². The number of amides is 1. The van der Waals surface area contributed by atoms with Crippen LogP contribution in [0.2, 0.25) is 0 Å². The zero-order valence-corrected chi connectivity index (χ0v) is 15.2. The van der Waals surface area contributed by atoms with Crippen molar-refractivity contribution in [2.45, 2.75) is 18.6 Å². The van der Waals surface area contributed by atoms with Crippen LogP contribution in [0.1, 0.15) is 22.3 Å². The molecule has 1 atom stereocenters. The minimum atomic E-state index is -0.960. The van der Waals surface area contributed by atoms with Crippen LogP contribution in [0.3, 0.4) is 0 Å². The quantitative estimate of drug-likeness (QED) is 0.802. The molecule has 138 valence electrons. The first-order valence-corrected chi connectivity index (χ1v) is 8.70. The molecular weight excluding hydrogens is 330 g/mol. The molecule has 2 N–H and O–H groups in total. The Kier molecular flexibility index (Phi) is 5.49. The first-order chi connectivity index (χ1) is 12.5. The average Bonchev–Trinajstić information content (AvgIpc) is 3.03. The van der Waals surface area contributed by atoms with E-state index in [2.05, 4.69) is 20.2 Å². The van der Waals surface area contributed by atoms with Gasteiger partial charge in [-0.05, 0) is 38.2 Å². The molecule has 1 fully saturated rings. The predicted octanol–water partition coefficient (Wildman–Crippen LogP) is 0.909. The van der Waals surface area contributed by atoms with E-state index >= 15 is 0 Å². The van der Waals surface area contributed by atoms with Crippen LogP contribution in [0.4, 0.5) is 5.82 Å². The second-order valence-electron chi connectivity index (χ2n) is 7.08. The van der Waals surface area contributed by atoms with Gasteiger partial charge in [0.05, 0.1) is 6.20 Å². The number of aliphatic hydroxyl groups is 1. The fraction of sp³-hybridized carbons (Fsp3) is 0.421. The lowest BCUT2D eigenvalue weighted by molar-refractivity contribution is 0.0575. The number of aromatic nitrogens is 2. The monoisotopic (exact) mass is 355 g/mol. The summed E-state index contributed by atoms with van der Waals surface area (Å²) in [5, 5.41) is 13.6. The van der Waals surface area contributed by atoms with Gasteiger partial charge in [-0.25, -0.2) is 4.98 Å². The summed E-state index contributed by atoms with van der Waals surface area (Å²) in [6, 6.07) is 7.54. The van der Waals surface area contributed by atoms with E-state index in [1.807, 2.05) is 43.3 Å². The Hall–Kier alpha value is -2.51. The standard InChI is InChI=1S/C19H25N5O2/c1-23(2)12-15-3-5-16(6-4-15)18(25)22-13-19(26)7-10-24(14-19)17-11-20-8-9-21-17/h3-6,8-9,11,26H,7,10,12-14H2,1-2H3,(H,22,25)/t19-/m0/s1. The van der Waals surface area contributed by atoms with Gasteiger partial charge in [0, 0.05) is 44.1 Å². The van der Waals surface area contributed by atoms with Crippen LogP contribution in [0.15, 0.2) is 42.9 Å². The first-order valence-electron chi connectivity index (χ1n) is 8.70. The molecule has 26 heavy (non-hydrogen) atoms. The van der Waals surface area contributed by atoms with E-state index < -0.39 is 5.60 Å². The van der Waals surface area contributed by atoms with Gasteiger partial charge >= 0.3 is 0 Å². The number of rotatable bonds is 6. The second-order valence-corrected chi connectivity index (χ2v) is 7.08. The Balaban J connectivity index is 1.54. The Morgan fingerprint density at radius 3 is 2.73 bits per heavy atom. The van der Waals surface area contributed by atoms with Gasteiger partial charge in [0.2, 0.25) is 0 Å². The number of anilines is 1. The van der Waals surface area contributed by atoms with Crippen molar-refractivity contribution in [1.29, 1.82) is 0 Å². The molecular formula is C19H25N5O2. The molecule has 1 amide bonds. The maximum atomic E-state index is 12.4. The molecule has 0 unspecified atom stereocenters. The number of hydrogen-bond donors (Lipinski definition) is 2. The lowest BCUT2D eigenvalue weighted by atomic mass is 10.0. The van der Waals surface area contributed by atoms with E-state index in [9.17, 15) is 9.90 Å². The van der Waals surface area contributed by atoms with Crippen molar-refractivity contribution >= 4 is 11.7 Å². The summed E-state index contributed by atoms with van der Waals surface area (Å²) in [4.78, 5) is 24.7. The minimum Gasteiger partial charge on any atom is -0.386 e. The summed E-state index contributed by atoms with van der Waals surface area (Å²) in [5.74, 6) is 0.569. The summed E-state index contributed by atoms with van der Waals surface area (Å²) in [5.41, 5.74) is 0.790. The van der Waals surface area contributed by atoms with Crippen molar-refractivity contribution in [3.05, 3.63) is 54.0 Å². The third-order valence-corrected chi connectivity index (χ3v) is 4.50. The average molecular weight is 355 g/mol. The maximum absolute atomic E-state index is 12.4. The van der Waals surface area contributed by atoms with Crippen LogP contribution in [0.25, 0.3) is 0 Å². The van der Waals surface area contributed by atoms with Crippen molar-refractivity contribution < 1.29 is 9.90 Å². The smallest absolute Gasteiger partial charge is 0.251 e. The first kappa shape index (κ1) is 18.3. The Morgan fingerprint density at radius 1 is 1.31 bits per heavy atom. The van der Waals surface area contributed by atoms with Crippen molar-refractivity contribution in [3.63, 3.8) is 0 Å². The molecule has 2 heterocycles. The predicted molar refractivity (Wildman–Crippen MR) is 100.0 cm³/mol. The highest BCUT2D eigenvalue weighted by Gasteiger charge is 2.37. The molecule has 2 aromatic rings. The molecule has 1 aromatic heterocycles. The number of benzene rings is 1. The van der Waals surface area contributed by atoms with Gasteiger partial charge in [-0.15, -0.1) is 0 Å². The number of nitrogens with one attached hydrogen (secondary N) is 1. The summed E-state index contributed by atoms with van der Waals surface area (Å²) in [6.07, 6.45) is 5.51. The highest BCUT2D eigenvalue weighted by atomic mass is 16.3. The lowest BCUT2D eigenvalue weighted by Crippen LogP contribution is -2.45. The molecule has 0 radical (unpaired) electrons. The van der Waals surface area contributed by atoms with Crippen LogP contribution in [-0.2, 0) is 6.54 Å². The molecule has 0 aliphatic carbocycles. The largest absolute Gasteiger partial charge is 0.386 e. The molecule has 0 bridgehead atoms. The van der Waals surface area contributed by atoms with Crippen LogP contribution in [0, 0.1) is 0 Å². The molecule has 0 spiro atoms. The second kappa shape index (κ2) is 7.80. The van der Waals surface area contributed by atoms with Gasteiger partial charge in [-0.2, -0.15) is 0 Å². The van der Waals surface area contributed by atoms with Crippen LogP contribution in [-0.4, -0.2) is 65.2 Å². The highest BCUT2D eigenvalue weighted by molar-refractivity contribution is 5.94. The van der Waals surface area contributed by atoms with Gasteiger partial charge < -0.3 is 20.2 Å². The highest BCUT2D eigenvalue weighted by Crippen LogP contribution is 2.24. The third-order valence-electron chi connectivity index (χ3n) is 4.50. The van der Waals surface area contributed by atoms with Crippen LogP contribution < -0.4 is 10.2 Å². The van der Waals surface area contributed by atoms with Crippen LogP contribution >= 0.6 is 0 Å². The molecule has 1 aliphatic heterocycles. The number of carbonyl (C=O) groups excluding carboxylic acids is 1. The summed E-state index contributed by atoms with van der Waals surface area (Å²) < 4.78 is 0. The molecule has 7 heteroatoms. The van der Waals surface area contributed by atoms with Crippen molar-refractivity contribution in [3.8, 4) is 0 Å². The van der Waals surface area contributed by atoms with Gasteiger partial charge in [-0.1, -0.05) is 12.1 Å². The Bertz CT molecular complexity index is 735. The van der Waals surface area contributed by atoms with E-state index in [0.29, 0.717) is 25.1 Å². The van der Waals surface area contributed by atoms with Gasteiger partial charge in [0.25, 0.3) is 5.91 Å². The molecule has 7 nitrogen and oxygen atoms in total. The van der Waals surface area contributed by atoms with Crippen molar-refractivity contribution in [2.75, 3.05) is 38.6 Å². The SMILES string of the molecule is CN(C)Cc1ccc(C(=O)NC[C@@]2(O)CCN(c3cnccn3)C2)cc1. The number of nitrogens with zero attached hydrogens (tertiary/aromatic N) is 4. The summed E-state index contributed by atoms with van der Waals surface area (Å²) >= 11 is 0.